The van der Waals surface area contributed by atoms with E-state index in [1.807, 2.05) is 0 Å². The Kier molecular flexibility index (Phi) is 4.34. The van der Waals surface area contributed by atoms with Crippen LogP contribution in [0.3, 0.4) is 0 Å². The van der Waals surface area contributed by atoms with Gasteiger partial charge in [0, 0.05) is 23.6 Å². The molecule has 0 saturated heterocycles. The first-order valence-electron chi connectivity index (χ1n) is 6.13. The van der Waals surface area contributed by atoms with Gasteiger partial charge in [0.25, 0.3) is 5.91 Å². The summed E-state index contributed by atoms with van der Waals surface area (Å²) in [5.41, 5.74) is 4.16. The number of halogens is 1. The normalized spacial score (nSPS) is 10.1. The summed E-state index contributed by atoms with van der Waals surface area (Å²) in [6.07, 6.45) is 1.40. The Bertz CT molecular complexity index is 676. The maximum Gasteiger partial charge on any atom is 0.259 e. The van der Waals surface area contributed by atoms with Crippen molar-refractivity contribution >= 4 is 17.3 Å². The Morgan fingerprint density at radius 3 is 2.76 bits per heavy atom. The molecule has 1 heterocycles. The Balaban J connectivity index is 2.24. The van der Waals surface area contributed by atoms with Gasteiger partial charge in [-0.25, -0.2) is 4.39 Å². The molecule has 2 rings (SSSR count). The summed E-state index contributed by atoms with van der Waals surface area (Å²) in [7, 11) is 1.37. The summed E-state index contributed by atoms with van der Waals surface area (Å²) in [4.78, 5) is 16.2. The molecule has 0 aliphatic heterocycles. The molecule has 0 fully saturated rings. The number of anilines is 2. The van der Waals surface area contributed by atoms with Gasteiger partial charge in [0.1, 0.15) is 0 Å². The van der Waals surface area contributed by atoms with Gasteiger partial charge in [-0.05, 0) is 25.1 Å². The minimum atomic E-state index is -0.561. The molecule has 6 nitrogen and oxygen atoms in total. The van der Waals surface area contributed by atoms with Crippen LogP contribution < -0.4 is 21.3 Å². The van der Waals surface area contributed by atoms with Gasteiger partial charge in [0.15, 0.2) is 11.6 Å². The zero-order valence-electron chi connectivity index (χ0n) is 11.6. The number of hydrogen-bond acceptors (Lipinski definition) is 5. The van der Waals surface area contributed by atoms with Crippen molar-refractivity contribution < 1.29 is 13.9 Å². The van der Waals surface area contributed by atoms with Gasteiger partial charge in [-0.2, -0.15) is 0 Å². The Morgan fingerprint density at radius 1 is 1.38 bits per heavy atom. The molecule has 0 atom stereocenters. The van der Waals surface area contributed by atoms with Gasteiger partial charge in [-0.1, -0.05) is 0 Å². The van der Waals surface area contributed by atoms with E-state index in [9.17, 15) is 9.18 Å². The van der Waals surface area contributed by atoms with Crippen LogP contribution in [-0.4, -0.2) is 18.0 Å². The molecule has 0 radical (unpaired) electrons. The van der Waals surface area contributed by atoms with Crippen molar-refractivity contribution in [3.05, 3.63) is 47.5 Å². The predicted molar refractivity (Wildman–Crippen MR) is 77.7 cm³/mol. The average Bonchev–Trinajstić information content (AvgIpc) is 2.47. The van der Waals surface area contributed by atoms with Crippen LogP contribution >= 0.6 is 0 Å². The second kappa shape index (κ2) is 6.19. The van der Waals surface area contributed by atoms with Crippen LogP contribution in [0.1, 0.15) is 16.1 Å². The SMILES string of the molecule is COc1ccc(NC(=O)c2cnc(C)cc2NN)cc1F. The van der Waals surface area contributed by atoms with Crippen molar-refractivity contribution in [3.8, 4) is 5.75 Å². The highest BCUT2D eigenvalue weighted by Gasteiger charge is 2.13. The number of methoxy groups -OCH3 is 1. The number of nitrogens with two attached hydrogens (primary N) is 1. The monoisotopic (exact) mass is 290 g/mol. The van der Waals surface area contributed by atoms with E-state index >= 15 is 0 Å². The third-order valence-electron chi connectivity index (χ3n) is 2.85. The number of pyridine rings is 1. The van der Waals surface area contributed by atoms with E-state index in [0.29, 0.717) is 11.4 Å². The first-order chi connectivity index (χ1) is 10.0. The van der Waals surface area contributed by atoms with E-state index in [1.54, 1.807) is 13.0 Å². The number of hydrazine groups is 1. The van der Waals surface area contributed by atoms with E-state index in [0.717, 1.165) is 5.69 Å². The fourth-order valence-corrected chi connectivity index (χ4v) is 1.80. The summed E-state index contributed by atoms with van der Waals surface area (Å²) in [5.74, 6) is 4.48. The lowest BCUT2D eigenvalue weighted by molar-refractivity contribution is 0.102. The number of aromatic nitrogens is 1. The summed E-state index contributed by atoms with van der Waals surface area (Å²) < 4.78 is 18.4. The van der Waals surface area contributed by atoms with E-state index in [-0.39, 0.29) is 11.3 Å². The van der Waals surface area contributed by atoms with Crippen LogP contribution in [0.5, 0.6) is 5.75 Å². The molecule has 4 N–H and O–H groups in total. The summed E-state index contributed by atoms with van der Waals surface area (Å²) in [5, 5.41) is 2.57. The van der Waals surface area contributed by atoms with Crippen molar-refractivity contribution in [1.82, 2.24) is 4.98 Å². The van der Waals surface area contributed by atoms with Crippen molar-refractivity contribution in [2.75, 3.05) is 17.9 Å². The lowest BCUT2D eigenvalue weighted by atomic mass is 10.2. The number of hydrogen-bond donors (Lipinski definition) is 3. The lowest BCUT2D eigenvalue weighted by Gasteiger charge is -2.10. The fraction of sp³-hybridized carbons (Fsp3) is 0.143. The molecule has 110 valence electrons. The quantitative estimate of drug-likeness (QED) is 0.592. The number of benzene rings is 1. The van der Waals surface area contributed by atoms with Crippen LogP contribution in [-0.2, 0) is 0 Å². The van der Waals surface area contributed by atoms with E-state index < -0.39 is 11.7 Å². The molecular formula is C14H15FN4O2. The van der Waals surface area contributed by atoms with Crippen LogP contribution in [0.4, 0.5) is 15.8 Å². The Morgan fingerprint density at radius 2 is 2.14 bits per heavy atom. The molecule has 7 heteroatoms. The number of nitrogens with zero attached hydrogens (tertiary/aromatic N) is 1. The highest BCUT2D eigenvalue weighted by atomic mass is 19.1. The molecule has 0 spiro atoms. The summed E-state index contributed by atoms with van der Waals surface area (Å²) in [6, 6.07) is 5.79. The Hall–Kier alpha value is -2.67. The van der Waals surface area contributed by atoms with Gasteiger partial charge in [0.2, 0.25) is 0 Å². The van der Waals surface area contributed by atoms with Crippen LogP contribution in [0.15, 0.2) is 30.5 Å². The second-order valence-electron chi connectivity index (χ2n) is 4.32. The van der Waals surface area contributed by atoms with Gasteiger partial charge in [-0.3, -0.25) is 15.6 Å². The van der Waals surface area contributed by atoms with Gasteiger partial charge in [0.05, 0.1) is 18.4 Å². The number of nitrogen functional groups attached to an aromatic ring is 1. The predicted octanol–water partition coefficient (Wildman–Crippen LogP) is 2.08. The first kappa shape index (κ1) is 14.7. The van der Waals surface area contributed by atoms with Gasteiger partial charge >= 0.3 is 0 Å². The maximum atomic E-state index is 13.6. The highest BCUT2D eigenvalue weighted by molar-refractivity contribution is 6.07. The van der Waals surface area contributed by atoms with Crippen LogP contribution in [0.25, 0.3) is 0 Å². The molecule has 0 saturated carbocycles. The van der Waals surface area contributed by atoms with Crippen molar-refractivity contribution in [2.24, 2.45) is 5.84 Å². The smallest absolute Gasteiger partial charge is 0.259 e. The molecule has 1 aromatic carbocycles. The minimum Gasteiger partial charge on any atom is -0.494 e. The highest BCUT2D eigenvalue weighted by Crippen LogP contribution is 2.22. The van der Waals surface area contributed by atoms with Gasteiger partial charge < -0.3 is 15.5 Å². The number of rotatable bonds is 4. The number of aryl methyl sites for hydroxylation is 1. The first-order valence-corrected chi connectivity index (χ1v) is 6.13. The topological polar surface area (TPSA) is 89.3 Å². The van der Waals surface area contributed by atoms with E-state index in [2.05, 4.69) is 15.7 Å². The van der Waals surface area contributed by atoms with Crippen molar-refractivity contribution in [1.29, 1.82) is 0 Å². The van der Waals surface area contributed by atoms with Crippen LogP contribution in [0.2, 0.25) is 0 Å². The third kappa shape index (κ3) is 3.26. The van der Waals surface area contributed by atoms with Crippen LogP contribution in [0, 0.1) is 12.7 Å². The molecule has 1 aromatic heterocycles. The molecule has 1 amide bonds. The summed E-state index contributed by atoms with van der Waals surface area (Å²) in [6.45, 7) is 1.78. The fourth-order valence-electron chi connectivity index (χ4n) is 1.80. The number of amides is 1. The van der Waals surface area contributed by atoms with Crippen molar-refractivity contribution in [3.63, 3.8) is 0 Å². The number of nitrogens with one attached hydrogen (secondary N) is 2. The standard InChI is InChI=1S/C14H15FN4O2/c1-8-5-12(19-16)10(7-17-8)14(20)18-9-3-4-13(21-2)11(15)6-9/h3-7H,16H2,1-2H3,(H,17,19)(H,18,20). The second-order valence-corrected chi connectivity index (χ2v) is 4.32. The maximum absolute atomic E-state index is 13.6. The van der Waals surface area contributed by atoms with E-state index in [4.69, 9.17) is 10.6 Å². The zero-order valence-corrected chi connectivity index (χ0v) is 11.6. The van der Waals surface area contributed by atoms with E-state index in [1.165, 1.54) is 31.5 Å². The molecular weight excluding hydrogens is 275 g/mol. The zero-order chi connectivity index (χ0) is 15.4. The number of carbonyl (C=O) groups is 1. The number of carbonyl (C=O) groups excluding carboxylic acids is 1. The third-order valence-corrected chi connectivity index (χ3v) is 2.85. The minimum absolute atomic E-state index is 0.106. The van der Waals surface area contributed by atoms with Gasteiger partial charge in [-0.15, -0.1) is 0 Å². The molecule has 0 aliphatic rings. The lowest BCUT2D eigenvalue weighted by Crippen LogP contribution is -2.18. The Labute approximate surface area is 121 Å². The average molecular weight is 290 g/mol. The molecule has 0 unspecified atom stereocenters. The van der Waals surface area contributed by atoms with Crippen molar-refractivity contribution in [2.45, 2.75) is 6.92 Å². The summed E-state index contributed by atoms with van der Waals surface area (Å²) >= 11 is 0. The molecule has 21 heavy (non-hydrogen) atoms. The largest absolute Gasteiger partial charge is 0.494 e. The molecule has 0 bridgehead atoms. The molecule has 0 aliphatic carbocycles. The number of ether oxygens (including phenoxy) is 1. The molecule has 2 aromatic rings.